The van der Waals surface area contributed by atoms with Crippen molar-refractivity contribution >= 4 is 5.91 Å². The molecule has 4 rings (SSSR count). The Bertz CT molecular complexity index is 771. The molecule has 25 heavy (non-hydrogen) atoms. The van der Waals surface area contributed by atoms with Gasteiger partial charge in [0, 0.05) is 24.5 Å². The third kappa shape index (κ3) is 4.16. The molecule has 2 aromatic heterocycles. The number of aromatic nitrogens is 2. The summed E-state index contributed by atoms with van der Waals surface area (Å²) < 4.78 is 5.69. The number of carbonyl (C=O) groups excluding carboxylic acids is 1. The van der Waals surface area contributed by atoms with Crippen molar-refractivity contribution in [2.24, 2.45) is 5.92 Å². The van der Waals surface area contributed by atoms with Crippen molar-refractivity contribution in [1.29, 1.82) is 0 Å². The van der Waals surface area contributed by atoms with E-state index in [-0.39, 0.29) is 5.91 Å². The summed E-state index contributed by atoms with van der Waals surface area (Å²) in [5.74, 6) is 1.19. The fourth-order valence-corrected chi connectivity index (χ4v) is 3.11. The van der Waals surface area contributed by atoms with Crippen LogP contribution in [0.5, 0.6) is 5.88 Å². The molecule has 0 radical (unpaired) electrons. The molecule has 0 saturated heterocycles. The molecular weight excluding hydrogens is 314 g/mol. The zero-order valence-electron chi connectivity index (χ0n) is 14.3. The van der Waals surface area contributed by atoms with Crippen LogP contribution in [0.2, 0.25) is 0 Å². The highest BCUT2D eigenvalue weighted by Crippen LogP contribution is 2.29. The van der Waals surface area contributed by atoms with Crippen molar-refractivity contribution in [2.45, 2.75) is 45.1 Å². The van der Waals surface area contributed by atoms with Crippen LogP contribution in [0.25, 0.3) is 0 Å². The van der Waals surface area contributed by atoms with Crippen LogP contribution in [-0.2, 0) is 19.4 Å². The summed E-state index contributed by atoms with van der Waals surface area (Å²) in [6.45, 7) is 1.18. The van der Waals surface area contributed by atoms with E-state index in [2.05, 4.69) is 15.3 Å². The summed E-state index contributed by atoms with van der Waals surface area (Å²) in [5.41, 5.74) is 3.85. The fourth-order valence-electron chi connectivity index (χ4n) is 3.11. The predicted molar refractivity (Wildman–Crippen MR) is 94.5 cm³/mol. The van der Waals surface area contributed by atoms with Crippen molar-refractivity contribution in [3.63, 3.8) is 0 Å². The summed E-state index contributed by atoms with van der Waals surface area (Å²) in [6.07, 6.45) is 8.65. The van der Waals surface area contributed by atoms with Crippen LogP contribution in [0.3, 0.4) is 0 Å². The van der Waals surface area contributed by atoms with E-state index < -0.39 is 0 Å². The summed E-state index contributed by atoms with van der Waals surface area (Å²) in [4.78, 5) is 21.2. The van der Waals surface area contributed by atoms with Crippen LogP contribution in [0, 0.1) is 5.92 Å². The molecule has 0 spiro atoms. The van der Waals surface area contributed by atoms with E-state index >= 15 is 0 Å². The zero-order valence-corrected chi connectivity index (χ0v) is 14.3. The number of pyridine rings is 2. The molecule has 5 nitrogen and oxygen atoms in total. The zero-order chi connectivity index (χ0) is 17.1. The van der Waals surface area contributed by atoms with Crippen molar-refractivity contribution in [2.75, 3.05) is 6.61 Å². The van der Waals surface area contributed by atoms with Crippen molar-refractivity contribution in [3.8, 4) is 5.88 Å². The quantitative estimate of drug-likeness (QED) is 0.880. The number of hydrogen-bond acceptors (Lipinski definition) is 4. The van der Waals surface area contributed by atoms with Gasteiger partial charge in [0.05, 0.1) is 6.61 Å². The standard InChI is InChI=1S/C20H23N3O2/c24-20(18-8-7-16-3-1-2-4-17(16)23-18)22-12-15-9-10-21-19(11-15)25-13-14-5-6-14/h7-11,14H,1-6,12-13H2,(H,22,24). The molecule has 1 amide bonds. The number of aryl methyl sites for hydroxylation is 2. The Morgan fingerprint density at radius 1 is 1.20 bits per heavy atom. The Hall–Kier alpha value is -2.43. The summed E-state index contributed by atoms with van der Waals surface area (Å²) in [7, 11) is 0. The van der Waals surface area contributed by atoms with Crippen molar-refractivity contribution in [3.05, 3.63) is 53.0 Å². The van der Waals surface area contributed by atoms with E-state index in [0.717, 1.165) is 37.1 Å². The van der Waals surface area contributed by atoms with Crippen LogP contribution >= 0.6 is 0 Å². The number of nitrogens with one attached hydrogen (secondary N) is 1. The highest BCUT2D eigenvalue weighted by Gasteiger charge is 2.22. The highest BCUT2D eigenvalue weighted by atomic mass is 16.5. The van der Waals surface area contributed by atoms with E-state index in [1.165, 1.54) is 24.8 Å². The second-order valence-corrected chi connectivity index (χ2v) is 6.95. The third-order valence-electron chi connectivity index (χ3n) is 4.83. The SMILES string of the molecule is O=C(NCc1ccnc(OCC2CC2)c1)c1ccc2c(n1)CCCC2. The number of nitrogens with zero attached hydrogens (tertiary/aromatic N) is 2. The van der Waals surface area contributed by atoms with Crippen molar-refractivity contribution < 1.29 is 9.53 Å². The third-order valence-corrected chi connectivity index (χ3v) is 4.83. The molecule has 5 heteroatoms. The monoisotopic (exact) mass is 337 g/mol. The van der Waals surface area contributed by atoms with Gasteiger partial charge in [0.2, 0.25) is 5.88 Å². The van der Waals surface area contributed by atoms with Gasteiger partial charge in [-0.25, -0.2) is 9.97 Å². The molecule has 130 valence electrons. The van der Waals surface area contributed by atoms with Crippen LogP contribution < -0.4 is 10.1 Å². The average molecular weight is 337 g/mol. The molecule has 1 fully saturated rings. The van der Waals surface area contributed by atoms with Gasteiger partial charge in [0.15, 0.2) is 0 Å². The number of ether oxygens (including phenoxy) is 1. The topological polar surface area (TPSA) is 64.1 Å². The van der Waals surface area contributed by atoms with Crippen molar-refractivity contribution in [1.82, 2.24) is 15.3 Å². The molecule has 1 N–H and O–H groups in total. The maximum atomic E-state index is 12.4. The minimum atomic E-state index is -0.134. The maximum Gasteiger partial charge on any atom is 0.270 e. The number of fused-ring (bicyclic) bond motifs is 1. The van der Waals surface area contributed by atoms with E-state index in [4.69, 9.17) is 4.74 Å². The Labute approximate surface area is 147 Å². The van der Waals surface area contributed by atoms with Crippen LogP contribution in [0.4, 0.5) is 0 Å². The largest absolute Gasteiger partial charge is 0.477 e. The molecule has 2 aliphatic carbocycles. The van der Waals surface area contributed by atoms with Gasteiger partial charge in [-0.3, -0.25) is 4.79 Å². The lowest BCUT2D eigenvalue weighted by Crippen LogP contribution is -2.24. The Balaban J connectivity index is 1.35. The van der Waals surface area contributed by atoms with E-state index in [1.807, 2.05) is 24.3 Å². The van der Waals surface area contributed by atoms with Gasteiger partial charge < -0.3 is 10.1 Å². The van der Waals surface area contributed by atoms with Crippen LogP contribution in [0.15, 0.2) is 30.5 Å². The van der Waals surface area contributed by atoms with Gasteiger partial charge in [-0.1, -0.05) is 6.07 Å². The number of carbonyl (C=O) groups is 1. The molecule has 0 aromatic carbocycles. The van der Waals surface area contributed by atoms with Gasteiger partial charge in [0.25, 0.3) is 5.91 Å². The highest BCUT2D eigenvalue weighted by molar-refractivity contribution is 5.92. The molecule has 1 saturated carbocycles. The molecule has 0 atom stereocenters. The lowest BCUT2D eigenvalue weighted by molar-refractivity contribution is 0.0945. The molecule has 2 heterocycles. The second-order valence-electron chi connectivity index (χ2n) is 6.95. The first-order chi connectivity index (χ1) is 12.3. The Morgan fingerprint density at radius 2 is 2.08 bits per heavy atom. The van der Waals surface area contributed by atoms with E-state index in [1.54, 1.807) is 6.20 Å². The van der Waals surface area contributed by atoms with Gasteiger partial charge in [-0.2, -0.15) is 0 Å². The lowest BCUT2D eigenvalue weighted by Gasteiger charge is -2.15. The van der Waals surface area contributed by atoms with Gasteiger partial charge >= 0.3 is 0 Å². The molecule has 0 unspecified atom stereocenters. The summed E-state index contributed by atoms with van der Waals surface area (Å²) in [5, 5.41) is 2.94. The number of amides is 1. The van der Waals surface area contributed by atoms with Crippen LogP contribution in [0.1, 0.15) is 53.0 Å². The molecule has 0 bridgehead atoms. The normalized spacial score (nSPS) is 16.2. The van der Waals surface area contributed by atoms with Gasteiger partial charge in [-0.05, 0) is 67.7 Å². The summed E-state index contributed by atoms with van der Waals surface area (Å²) in [6, 6.07) is 7.66. The number of hydrogen-bond donors (Lipinski definition) is 1. The average Bonchev–Trinajstić information content (AvgIpc) is 3.49. The first-order valence-electron chi connectivity index (χ1n) is 9.12. The minimum absolute atomic E-state index is 0.134. The fraction of sp³-hybridized carbons (Fsp3) is 0.450. The molecule has 2 aliphatic rings. The smallest absolute Gasteiger partial charge is 0.270 e. The summed E-state index contributed by atoms with van der Waals surface area (Å²) >= 11 is 0. The Morgan fingerprint density at radius 3 is 2.96 bits per heavy atom. The predicted octanol–water partition coefficient (Wildman–Crippen LogP) is 3.07. The minimum Gasteiger partial charge on any atom is -0.477 e. The Kier molecular flexibility index (Phi) is 4.63. The second kappa shape index (κ2) is 7.21. The lowest BCUT2D eigenvalue weighted by atomic mass is 9.96. The van der Waals surface area contributed by atoms with Crippen LogP contribution in [-0.4, -0.2) is 22.5 Å². The van der Waals surface area contributed by atoms with E-state index in [9.17, 15) is 4.79 Å². The first-order valence-corrected chi connectivity index (χ1v) is 9.12. The molecule has 0 aliphatic heterocycles. The van der Waals surface area contributed by atoms with E-state index in [0.29, 0.717) is 24.0 Å². The first kappa shape index (κ1) is 16.1. The maximum absolute atomic E-state index is 12.4. The van der Waals surface area contributed by atoms with Gasteiger partial charge in [-0.15, -0.1) is 0 Å². The van der Waals surface area contributed by atoms with Gasteiger partial charge in [0.1, 0.15) is 5.69 Å². The number of rotatable bonds is 6. The molecule has 2 aromatic rings. The molecular formula is C20H23N3O2.